The maximum Gasteiger partial charge on any atom is 0.310 e. The number of rotatable bonds is 10. The number of ether oxygens (including phenoxy) is 3. The Morgan fingerprint density at radius 3 is 2.21 bits per heavy atom. The Kier molecular flexibility index (Phi) is 8.62. The van der Waals surface area contributed by atoms with Gasteiger partial charge in [0.2, 0.25) is 0 Å². The van der Waals surface area contributed by atoms with E-state index in [1.54, 1.807) is 36.4 Å². The predicted molar refractivity (Wildman–Crippen MR) is 107 cm³/mol. The maximum absolute atomic E-state index is 12.0. The largest absolute Gasteiger partial charge is 0.494 e. The van der Waals surface area contributed by atoms with Crippen molar-refractivity contribution in [2.24, 2.45) is 0 Å². The quantitative estimate of drug-likeness (QED) is 0.609. The minimum atomic E-state index is -0.884. The van der Waals surface area contributed by atoms with Crippen LogP contribution >= 0.6 is 11.6 Å². The van der Waals surface area contributed by atoms with Crippen LogP contribution in [0, 0.1) is 0 Å². The summed E-state index contributed by atoms with van der Waals surface area (Å²) < 4.78 is 16.0. The lowest BCUT2D eigenvalue weighted by molar-refractivity contribution is -0.155. The second-order valence-corrected chi connectivity index (χ2v) is 6.42. The first kappa shape index (κ1) is 21.6. The molecule has 2 aromatic carbocycles. The van der Waals surface area contributed by atoms with Gasteiger partial charge < -0.3 is 19.5 Å². The average molecular weight is 406 g/mol. The third-order valence-corrected chi connectivity index (χ3v) is 4.02. The summed E-state index contributed by atoms with van der Waals surface area (Å²) in [5.41, 5.74) is 0.903. The van der Waals surface area contributed by atoms with Crippen molar-refractivity contribution in [3.8, 4) is 11.5 Å². The topological polar surface area (TPSA) is 73.9 Å². The second-order valence-electron chi connectivity index (χ2n) is 5.98. The van der Waals surface area contributed by atoms with E-state index in [0.717, 1.165) is 11.3 Å². The Morgan fingerprint density at radius 1 is 1.00 bits per heavy atom. The molecule has 0 saturated heterocycles. The fraction of sp³-hybridized carbons (Fsp3) is 0.333. The molecule has 0 aromatic heterocycles. The van der Waals surface area contributed by atoms with Crippen LogP contribution in [0.1, 0.15) is 25.8 Å². The summed E-state index contributed by atoms with van der Waals surface area (Å²) in [5.74, 6) is 0.522. The third kappa shape index (κ3) is 7.48. The molecule has 1 unspecified atom stereocenters. The van der Waals surface area contributed by atoms with Crippen molar-refractivity contribution in [2.45, 2.75) is 32.9 Å². The predicted octanol–water partition coefficient (Wildman–Crippen LogP) is 3.76. The van der Waals surface area contributed by atoms with Gasteiger partial charge in [-0.25, -0.2) is 0 Å². The molecule has 0 bridgehead atoms. The highest BCUT2D eigenvalue weighted by molar-refractivity contribution is 6.30. The van der Waals surface area contributed by atoms with E-state index >= 15 is 0 Å². The van der Waals surface area contributed by atoms with Crippen molar-refractivity contribution >= 4 is 23.5 Å². The second kappa shape index (κ2) is 11.2. The van der Waals surface area contributed by atoms with Gasteiger partial charge in [-0.15, -0.1) is 0 Å². The summed E-state index contributed by atoms with van der Waals surface area (Å²) >= 11 is 5.82. The van der Waals surface area contributed by atoms with Crippen LogP contribution in [0.15, 0.2) is 48.5 Å². The number of halogens is 1. The van der Waals surface area contributed by atoms with E-state index in [9.17, 15) is 9.59 Å². The van der Waals surface area contributed by atoms with Gasteiger partial charge in [0.15, 0.2) is 6.10 Å². The first-order valence-corrected chi connectivity index (χ1v) is 9.43. The van der Waals surface area contributed by atoms with Gasteiger partial charge in [0.1, 0.15) is 11.5 Å². The van der Waals surface area contributed by atoms with Crippen molar-refractivity contribution < 1.29 is 23.8 Å². The summed E-state index contributed by atoms with van der Waals surface area (Å²) in [4.78, 5) is 23.9. The van der Waals surface area contributed by atoms with E-state index in [4.69, 9.17) is 25.8 Å². The molecule has 150 valence electrons. The van der Waals surface area contributed by atoms with E-state index in [1.807, 2.05) is 19.1 Å². The zero-order valence-electron chi connectivity index (χ0n) is 15.9. The van der Waals surface area contributed by atoms with Crippen LogP contribution in [0.4, 0.5) is 0 Å². The minimum Gasteiger partial charge on any atom is -0.494 e. The van der Waals surface area contributed by atoms with Crippen LogP contribution in [0.25, 0.3) is 0 Å². The number of amides is 1. The van der Waals surface area contributed by atoms with Gasteiger partial charge in [0, 0.05) is 11.6 Å². The number of carbonyl (C=O) groups excluding carboxylic acids is 2. The highest BCUT2D eigenvalue weighted by Crippen LogP contribution is 2.17. The molecule has 0 aliphatic rings. The molecule has 28 heavy (non-hydrogen) atoms. The number of hydrogen-bond acceptors (Lipinski definition) is 5. The van der Waals surface area contributed by atoms with Gasteiger partial charge >= 0.3 is 5.97 Å². The van der Waals surface area contributed by atoms with Crippen molar-refractivity contribution in [3.63, 3.8) is 0 Å². The number of benzene rings is 2. The van der Waals surface area contributed by atoms with Gasteiger partial charge in [0.25, 0.3) is 5.91 Å². The Bertz CT molecular complexity index is 761. The van der Waals surface area contributed by atoms with Crippen molar-refractivity contribution in [3.05, 3.63) is 59.1 Å². The van der Waals surface area contributed by atoms with E-state index < -0.39 is 12.1 Å². The standard InChI is InChI=1S/C21H24ClNO5/c1-3-26-18-8-10-19(11-9-18)27-13-12-20(24)28-15(2)21(25)23-14-16-4-6-17(22)7-5-16/h4-11,15H,3,12-14H2,1-2H3,(H,23,25). The minimum absolute atomic E-state index is 0.0437. The Balaban J connectivity index is 1.66. The fourth-order valence-electron chi connectivity index (χ4n) is 2.30. The monoisotopic (exact) mass is 405 g/mol. The van der Waals surface area contributed by atoms with Gasteiger partial charge in [0.05, 0.1) is 19.6 Å². The van der Waals surface area contributed by atoms with Crippen LogP contribution < -0.4 is 14.8 Å². The molecular weight excluding hydrogens is 382 g/mol. The molecule has 1 N–H and O–H groups in total. The van der Waals surface area contributed by atoms with Crippen molar-refractivity contribution in [1.29, 1.82) is 0 Å². The fourth-order valence-corrected chi connectivity index (χ4v) is 2.42. The molecule has 0 aliphatic carbocycles. The normalized spacial score (nSPS) is 11.4. The van der Waals surface area contributed by atoms with E-state index in [0.29, 0.717) is 23.9 Å². The Morgan fingerprint density at radius 2 is 1.61 bits per heavy atom. The zero-order valence-corrected chi connectivity index (χ0v) is 16.7. The van der Waals surface area contributed by atoms with Crippen molar-refractivity contribution in [1.82, 2.24) is 5.32 Å². The van der Waals surface area contributed by atoms with Gasteiger partial charge in [-0.3, -0.25) is 9.59 Å². The van der Waals surface area contributed by atoms with Crippen LogP contribution in [0.3, 0.4) is 0 Å². The average Bonchev–Trinajstić information content (AvgIpc) is 2.69. The Labute approximate surface area is 169 Å². The molecule has 0 saturated carbocycles. The summed E-state index contributed by atoms with van der Waals surface area (Å²) in [6.45, 7) is 4.53. The smallest absolute Gasteiger partial charge is 0.310 e. The maximum atomic E-state index is 12.0. The van der Waals surface area contributed by atoms with E-state index in [2.05, 4.69) is 5.32 Å². The molecule has 7 heteroatoms. The van der Waals surface area contributed by atoms with Crippen LogP contribution in [-0.2, 0) is 20.9 Å². The zero-order chi connectivity index (χ0) is 20.4. The van der Waals surface area contributed by atoms with Gasteiger partial charge in [-0.2, -0.15) is 0 Å². The SMILES string of the molecule is CCOc1ccc(OCCC(=O)OC(C)C(=O)NCc2ccc(Cl)cc2)cc1. The number of esters is 1. The third-order valence-electron chi connectivity index (χ3n) is 3.77. The van der Waals surface area contributed by atoms with Crippen LogP contribution in [0.2, 0.25) is 5.02 Å². The number of nitrogens with one attached hydrogen (secondary N) is 1. The molecule has 0 aliphatic heterocycles. The van der Waals surface area contributed by atoms with Crippen molar-refractivity contribution in [2.75, 3.05) is 13.2 Å². The van der Waals surface area contributed by atoms with E-state index in [-0.39, 0.29) is 18.9 Å². The van der Waals surface area contributed by atoms with Gasteiger partial charge in [-0.05, 0) is 55.8 Å². The molecule has 0 spiro atoms. The van der Waals surface area contributed by atoms with Gasteiger partial charge in [-0.1, -0.05) is 23.7 Å². The molecule has 0 fully saturated rings. The molecule has 2 rings (SSSR count). The van der Waals surface area contributed by atoms with E-state index in [1.165, 1.54) is 6.92 Å². The summed E-state index contributed by atoms with van der Waals surface area (Å²) in [7, 11) is 0. The molecule has 1 atom stereocenters. The van der Waals surface area contributed by atoms with Crippen LogP contribution in [-0.4, -0.2) is 31.2 Å². The number of hydrogen-bond donors (Lipinski definition) is 1. The molecule has 0 heterocycles. The highest BCUT2D eigenvalue weighted by Gasteiger charge is 2.17. The summed E-state index contributed by atoms with van der Waals surface area (Å²) in [5, 5.41) is 3.35. The molecule has 1 amide bonds. The highest BCUT2D eigenvalue weighted by atomic mass is 35.5. The summed E-state index contributed by atoms with van der Waals surface area (Å²) in [6, 6.07) is 14.3. The molecule has 0 radical (unpaired) electrons. The lowest BCUT2D eigenvalue weighted by Crippen LogP contribution is -2.35. The molecular formula is C21H24ClNO5. The lowest BCUT2D eigenvalue weighted by atomic mass is 10.2. The molecule has 6 nitrogen and oxygen atoms in total. The Hall–Kier alpha value is -2.73. The first-order valence-electron chi connectivity index (χ1n) is 9.05. The molecule has 2 aromatic rings. The lowest BCUT2D eigenvalue weighted by Gasteiger charge is -2.14. The first-order chi connectivity index (χ1) is 13.5. The van der Waals surface area contributed by atoms with Crippen LogP contribution in [0.5, 0.6) is 11.5 Å². The summed E-state index contributed by atoms with van der Waals surface area (Å²) in [6.07, 6.45) is -0.840. The number of carbonyl (C=O) groups is 2.